The molecule has 0 aromatic carbocycles. The number of nitrogens with one attached hydrogen (secondary N) is 1. The van der Waals surface area contributed by atoms with Crippen LogP contribution in [-0.2, 0) is 4.79 Å². The third-order valence-electron chi connectivity index (χ3n) is 1.67. The van der Waals surface area contributed by atoms with Gasteiger partial charge in [-0.3, -0.25) is 4.68 Å². The molecule has 1 rings (SSSR count). The molecule has 3 N–H and O–H groups in total. The Morgan fingerprint density at radius 3 is 2.64 bits per heavy atom. The summed E-state index contributed by atoms with van der Waals surface area (Å²) in [6.45, 7) is 1.42. The number of aromatic nitrogens is 1. The average Bonchev–Trinajstić information content (AvgIpc) is 2.52. The van der Waals surface area contributed by atoms with Crippen LogP contribution in [0.5, 0.6) is 0 Å². The minimum absolute atomic E-state index is 0.00176. The Hall–Kier alpha value is -1.98. The molecule has 0 saturated heterocycles. The van der Waals surface area contributed by atoms with E-state index in [-0.39, 0.29) is 5.69 Å². The Morgan fingerprint density at radius 1 is 1.50 bits per heavy atom. The SMILES string of the molecule is CC(Nn1cccc1C(=O)O)C(=O)O. The van der Waals surface area contributed by atoms with Crippen LogP contribution in [0.2, 0.25) is 0 Å². The molecule has 6 heteroatoms. The average molecular weight is 198 g/mol. The van der Waals surface area contributed by atoms with Crippen LogP contribution in [0.25, 0.3) is 0 Å². The van der Waals surface area contributed by atoms with Crippen molar-refractivity contribution in [1.29, 1.82) is 0 Å². The van der Waals surface area contributed by atoms with Crippen molar-refractivity contribution in [3.63, 3.8) is 0 Å². The third-order valence-corrected chi connectivity index (χ3v) is 1.67. The van der Waals surface area contributed by atoms with Crippen molar-refractivity contribution >= 4 is 11.9 Å². The number of carboxylic acids is 2. The van der Waals surface area contributed by atoms with E-state index in [0.717, 1.165) is 0 Å². The van der Waals surface area contributed by atoms with Crippen molar-refractivity contribution in [2.75, 3.05) is 5.43 Å². The quantitative estimate of drug-likeness (QED) is 0.642. The van der Waals surface area contributed by atoms with E-state index in [0.29, 0.717) is 0 Å². The van der Waals surface area contributed by atoms with Crippen LogP contribution < -0.4 is 5.43 Å². The molecule has 0 amide bonds. The molecular formula is C8H10N2O4. The van der Waals surface area contributed by atoms with E-state index in [2.05, 4.69) is 5.43 Å². The monoisotopic (exact) mass is 198 g/mol. The lowest BCUT2D eigenvalue weighted by molar-refractivity contribution is -0.137. The smallest absolute Gasteiger partial charge is 0.354 e. The van der Waals surface area contributed by atoms with Gasteiger partial charge in [0, 0.05) is 6.20 Å². The number of aliphatic carboxylic acids is 1. The highest BCUT2D eigenvalue weighted by atomic mass is 16.4. The zero-order valence-corrected chi connectivity index (χ0v) is 7.47. The van der Waals surface area contributed by atoms with Crippen LogP contribution in [0.3, 0.4) is 0 Å². The number of hydrogen-bond acceptors (Lipinski definition) is 3. The first-order chi connectivity index (χ1) is 6.52. The molecule has 0 saturated carbocycles. The summed E-state index contributed by atoms with van der Waals surface area (Å²) in [7, 11) is 0. The van der Waals surface area contributed by atoms with Gasteiger partial charge in [-0.1, -0.05) is 0 Å². The van der Waals surface area contributed by atoms with Crippen molar-refractivity contribution in [2.24, 2.45) is 0 Å². The largest absolute Gasteiger partial charge is 0.480 e. The summed E-state index contributed by atoms with van der Waals surface area (Å²) in [6, 6.07) is 2.05. The fourth-order valence-electron chi connectivity index (χ4n) is 0.932. The Bertz CT molecular complexity index is 358. The molecule has 0 aliphatic carbocycles. The maximum atomic E-state index is 10.6. The molecule has 1 aromatic rings. The summed E-state index contributed by atoms with van der Waals surface area (Å²) in [4.78, 5) is 21.1. The highest BCUT2D eigenvalue weighted by molar-refractivity contribution is 5.86. The Labute approximate surface area is 79.7 Å². The zero-order chi connectivity index (χ0) is 10.7. The molecule has 0 aliphatic rings. The minimum atomic E-state index is -1.11. The van der Waals surface area contributed by atoms with E-state index in [1.807, 2.05) is 0 Å². The van der Waals surface area contributed by atoms with E-state index in [1.165, 1.54) is 29.9 Å². The summed E-state index contributed by atoms with van der Waals surface area (Å²) in [5.41, 5.74) is 2.51. The van der Waals surface area contributed by atoms with Gasteiger partial charge in [0.15, 0.2) is 0 Å². The Morgan fingerprint density at radius 2 is 2.14 bits per heavy atom. The maximum Gasteiger partial charge on any atom is 0.354 e. The molecule has 14 heavy (non-hydrogen) atoms. The highest BCUT2D eigenvalue weighted by Crippen LogP contribution is 2.00. The molecule has 6 nitrogen and oxygen atoms in total. The van der Waals surface area contributed by atoms with Crippen LogP contribution in [0.1, 0.15) is 17.4 Å². The first-order valence-corrected chi connectivity index (χ1v) is 3.92. The summed E-state index contributed by atoms with van der Waals surface area (Å²) in [5, 5.41) is 17.3. The van der Waals surface area contributed by atoms with Crippen molar-refractivity contribution in [3.05, 3.63) is 24.0 Å². The highest BCUT2D eigenvalue weighted by Gasteiger charge is 2.14. The predicted molar refractivity (Wildman–Crippen MR) is 47.8 cm³/mol. The van der Waals surface area contributed by atoms with Crippen LogP contribution in [0.15, 0.2) is 18.3 Å². The number of nitrogens with zero attached hydrogens (tertiary/aromatic N) is 1. The molecule has 0 radical (unpaired) electrons. The van der Waals surface area contributed by atoms with Gasteiger partial charge < -0.3 is 15.6 Å². The molecule has 1 atom stereocenters. The summed E-state index contributed by atoms with van der Waals surface area (Å²) in [6.07, 6.45) is 1.45. The second-order valence-electron chi connectivity index (χ2n) is 2.76. The standard InChI is InChI=1S/C8H10N2O4/c1-5(7(11)12)9-10-4-2-3-6(10)8(13)14/h2-5,9H,1H3,(H,11,12)(H,13,14). The van der Waals surface area contributed by atoms with Crippen LogP contribution in [0.4, 0.5) is 0 Å². The lowest BCUT2D eigenvalue weighted by Gasteiger charge is -2.13. The molecule has 76 valence electrons. The van der Waals surface area contributed by atoms with E-state index in [1.54, 1.807) is 0 Å². The summed E-state index contributed by atoms with van der Waals surface area (Å²) >= 11 is 0. The van der Waals surface area contributed by atoms with Gasteiger partial charge in [-0.2, -0.15) is 0 Å². The van der Waals surface area contributed by atoms with Gasteiger partial charge in [0.05, 0.1) is 0 Å². The van der Waals surface area contributed by atoms with E-state index in [4.69, 9.17) is 10.2 Å². The second kappa shape index (κ2) is 3.82. The fraction of sp³-hybridized carbons (Fsp3) is 0.250. The molecule has 0 bridgehead atoms. The maximum absolute atomic E-state index is 10.6. The van der Waals surface area contributed by atoms with E-state index in [9.17, 15) is 9.59 Å². The van der Waals surface area contributed by atoms with Crippen LogP contribution in [0, 0.1) is 0 Å². The summed E-state index contributed by atoms with van der Waals surface area (Å²) in [5.74, 6) is -2.16. The topological polar surface area (TPSA) is 91.6 Å². The van der Waals surface area contributed by atoms with Gasteiger partial charge in [-0.25, -0.2) is 9.59 Å². The number of aromatic carboxylic acids is 1. The van der Waals surface area contributed by atoms with E-state index < -0.39 is 18.0 Å². The van der Waals surface area contributed by atoms with Crippen LogP contribution >= 0.6 is 0 Å². The van der Waals surface area contributed by atoms with E-state index >= 15 is 0 Å². The molecule has 1 unspecified atom stereocenters. The molecular weight excluding hydrogens is 188 g/mol. The van der Waals surface area contributed by atoms with Crippen molar-refractivity contribution < 1.29 is 19.8 Å². The molecule has 1 aromatic heterocycles. The fourth-order valence-corrected chi connectivity index (χ4v) is 0.932. The van der Waals surface area contributed by atoms with Gasteiger partial charge in [-0.15, -0.1) is 0 Å². The minimum Gasteiger partial charge on any atom is -0.480 e. The Balaban J connectivity index is 2.81. The van der Waals surface area contributed by atoms with Crippen molar-refractivity contribution in [1.82, 2.24) is 4.68 Å². The Kier molecular flexibility index (Phi) is 2.76. The van der Waals surface area contributed by atoms with Gasteiger partial charge in [0.25, 0.3) is 0 Å². The first-order valence-electron chi connectivity index (χ1n) is 3.92. The number of rotatable bonds is 4. The zero-order valence-electron chi connectivity index (χ0n) is 7.47. The van der Waals surface area contributed by atoms with Gasteiger partial charge in [0.2, 0.25) is 0 Å². The first kappa shape index (κ1) is 10.1. The van der Waals surface area contributed by atoms with Crippen molar-refractivity contribution in [3.8, 4) is 0 Å². The van der Waals surface area contributed by atoms with Gasteiger partial charge >= 0.3 is 11.9 Å². The molecule has 1 heterocycles. The molecule has 0 aliphatic heterocycles. The second-order valence-corrected chi connectivity index (χ2v) is 2.76. The number of carboxylic acid groups (broad SMARTS) is 2. The van der Waals surface area contributed by atoms with Gasteiger partial charge in [0.1, 0.15) is 11.7 Å². The van der Waals surface area contributed by atoms with Gasteiger partial charge in [-0.05, 0) is 19.1 Å². The molecule has 0 fully saturated rings. The lowest BCUT2D eigenvalue weighted by atomic mass is 10.4. The predicted octanol–water partition coefficient (Wildman–Crippen LogP) is 0.203. The third kappa shape index (κ3) is 2.03. The summed E-state index contributed by atoms with van der Waals surface area (Å²) < 4.78 is 1.17. The number of hydrogen-bond donors (Lipinski definition) is 3. The number of carbonyl (C=O) groups is 2. The van der Waals surface area contributed by atoms with Crippen LogP contribution in [-0.4, -0.2) is 32.9 Å². The molecule has 0 spiro atoms. The van der Waals surface area contributed by atoms with Crippen molar-refractivity contribution in [2.45, 2.75) is 13.0 Å². The normalized spacial score (nSPS) is 12.1. The lowest BCUT2D eigenvalue weighted by Crippen LogP contribution is -2.33.